The fraction of sp³-hybridized carbons (Fsp3) is 1.00. The normalized spacial score (nSPS) is 28.7. The van der Waals surface area contributed by atoms with Crippen LogP contribution in [0.5, 0.6) is 0 Å². The molecule has 0 aromatic carbocycles. The van der Waals surface area contributed by atoms with Crippen LogP contribution in [0.3, 0.4) is 0 Å². The van der Waals surface area contributed by atoms with Crippen LogP contribution in [0.1, 0.15) is 59.8 Å². The van der Waals surface area contributed by atoms with Crippen molar-refractivity contribution in [3.8, 4) is 0 Å². The van der Waals surface area contributed by atoms with E-state index < -0.39 is 0 Å². The highest BCUT2D eigenvalue weighted by Gasteiger charge is 2.31. The predicted octanol–water partition coefficient (Wildman–Crippen LogP) is 2.95. The first-order valence-corrected chi connectivity index (χ1v) is 6.83. The van der Waals surface area contributed by atoms with Crippen molar-refractivity contribution in [1.29, 1.82) is 0 Å². The topological polar surface area (TPSA) is 32.3 Å². The first kappa shape index (κ1) is 14.0. The van der Waals surface area contributed by atoms with E-state index in [9.17, 15) is 5.11 Å². The number of aliphatic hydroxyl groups excluding tert-OH is 1. The molecule has 0 heterocycles. The van der Waals surface area contributed by atoms with Crippen LogP contribution >= 0.6 is 0 Å². The lowest BCUT2D eigenvalue weighted by atomic mass is 9.73. The molecule has 0 aliphatic heterocycles. The maximum atomic E-state index is 9.33. The number of hydrogen-bond donors (Lipinski definition) is 2. The summed E-state index contributed by atoms with van der Waals surface area (Å²) in [5.41, 5.74) is 0.447. The van der Waals surface area contributed by atoms with Crippen LogP contribution in [0.15, 0.2) is 0 Å². The van der Waals surface area contributed by atoms with Gasteiger partial charge in [0.2, 0.25) is 0 Å². The van der Waals surface area contributed by atoms with E-state index in [-0.39, 0.29) is 6.10 Å². The molecule has 96 valence electrons. The highest BCUT2D eigenvalue weighted by molar-refractivity contribution is 4.88. The minimum absolute atomic E-state index is 0.170. The van der Waals surface area contributed by atoms with Gasteiger partial charge < -0.3 is 10.4 Å². The molecule has 3 atom stereocenters. The van der Waals surface area contributed by atoms with E-state index in [2.05, 4.69) is 26.1 Å². The predicted molar refractivity (Wildman–Crippen MR) is 69.5 cm³/mol. The van der Waals surface area contributed by atoms with Crippen molar-refractivity contribution >= 4 is 0 Å². The van der Waals surface area contributed by atoms with Crippen molar-refractivity contribution in [3.63, 3.8) is 0 Å². The van der Waals surface area contributed by atoms with Crippen LogP contribution in [0, 0.1) is 11.3 Å². The molecule has 1 saturated carbocycles. The molecule has 1 rings (SSSR count). The Morgan fingerprint density at radius 2 is 2.00 bits per heavy atom. The second kappa shape index (κ2) is 6.02. The third-order valence-corrected chi connectivity index (χ3v) is 3.96. The highest BCUT2D eigenvalue weighted by Crippen LogP contribution is 2.35. The fourth-order valence-corrected chi connectivity index (χ4v) is 2.88. The fourth-order valence-electron chi connectivity index (χ4n) is 2.88. The molecule has 16 heavy (non-hydrogen) atoms. The molecule has 2 nitrogen and oxygen atoms in total. The first-order valence-electron chi connectivity index (χ1n) is 6.83. The molecular weight excluding hydrogens is 198 g/mol. The summed E-state index contributed by atoms with van der Waals surface area (Å²) in [4.78, 5) is 0. The van der Waals surface area contributed by atoms with Crippen LogP contribution in [-0.4, -0.2) is 23.8 Å². The molecule has 1 aliphatic carbocycles. The highest BCUT2D eigenvalue weighted by atomic mass is 16.3. The summed E-state index contributed by atoms with van der Waals surface area (Å²) in [5, 5.41) is 13.0. The summed E-state index contributed by atoms with van der Waals surface area (Å²) in [6.07, 6.45) is 6.14. The smallest absolute Gasteiger partial charge is 0.0515 e. The SMILES string of the molecule is CC(O)CC(C)CNC1CCCCC1(C)C. The van der Waals surface area contributed by atoms with E-state index in [4.69, 9.17) is 0 Å². The molecule has 1 aliphatic rings. The molecule has 0 aromatic heterocycles. The van der Waals surface area contributed by atoms with Crippen LogP contribution in [-0.2, 0) is 0 Å². The van der Waals surface area contributed by atoms with Gasteiger partial charge in [0.25, 0.3) is 0 Å². The number of rotatable bonds is 5. The third-order valence-electron chi connectivity index (χ3n) is 3.96. The summed E-state index contributed by atoms with van der Waals surface area (Å²) in [7, 11) is 0. The first-order chi connectivity index (χ1) is 7.42. The van der Waals surface area contributed by atoms with Crippen molar-refractivity contribution in [2.24, 2.45) is 11.3 Å². The Kier molecular flexibility index (Phi) is 5.26. The molecule has 2 heteroatoms. The maximum absolute atomic E-state index is 9.33. The van der Waals surface area contributed by atoms with E-state index in [1.54, 1.807) is 0 Å². The van der Waals surface area contributed by atoms with Gasteiger partial charge in [-0.05, 0) is 44.1 Å². The van der Waals surface area contributed by atoms with Gasteiger partial charge in [-0.3, -0.25) is 0 Å². The summed E-state index contributed by atoms with van der Waals surface area (Å²) in [5.74, 6) is 0.567. The van der Waals surface area contributed by atoms with Gasteiger partial charge in [-0.1, -0.05) is 33.6 Å². The van der Waals surface area contributed by atoms with Gasteiger partial charge in [0.05, 0.1) is 6.10 Å². The molecule has 0 saturated heterocycles. The van der Waals surface area contributed by atoms with Crippen LogP contribution in [0.2, 0.25) is 0 Å². The van der Waals surface area contributed by atoms with Crippen molar-refractivity contribution < 1.29 is 5.11 Å². The molecule has 0 spiro atoms. The zero-order valence-electron chi connectivity index (χ0n) is 11.4. The zero-order chi connectivity index (χ0) is 12.2. The van der Waals surface area contributed by atoms with Crippen molar-refractivity contribution in [1.82, 2.24) is 5.32 Å². The van der Waals surface area contributed by atoms with Gasteiger partial charge >= 0.3 is 0 Å². The molecule has 0 bridgehead atoms. The van der Waals surface area contributed by atoms with E-state index in [1.165, 1.54) is 25.7 Å². The Hall–Kier alpha value is -0.0800. The lowest BCUT2D eigenvalue weighted by Crippen LogP contribution is -2.45. The lowest BCUT2D eigenvalue weighted by molar-refractivity contribution is 0.143. The van der Waals surface area contributed by atoms with E-state index in [1.807, 2.05) is 6.92 Å². The summed E-state index contributed by atoms with van der Waals surface area (Å²) in [6.45, 7) is 9.89. The summed E-state index contributed by atoms with van der Waals surface area (Å²) in [6, 6.07) is 0.665. The van der Waals surface area contributed by atoms with Gasteiger partial charge in [0, 0.05) is 6.04 Å². The second-order valence-electron chi connectivity index (χ2n) is 6.39. The second-order valence-corrected chi connectivity index (χ2v) is 6.39. The molecule has 0 aromatic rings. The minimum atomic E-state index is -0.170. The van der Waals surface area contributed by atoms with Crippen LogP contribution in [0.4, 0.5) is 0 Å². The average molecular weight is 227 g/mol. The molecule has 3 unspecified atom stereocenters. The van der Waals surface area contributed by atoms with Crippen molar-refractivity contribution in [2.75, 3.05) is 6.54 Å². The number of aliphatic hydroxyl groups is 1. The molecule has 2 N–H and O–H groups in total. The Balaban J connectivity index is 2.30. The number of hydrogen-bond acceptors (Lipinski definition) is 2. The summed E-state index contributed by atoms with van der Waals surface area (Å²) < 4.78 is 0. The standard InChI is InChI=1S/C14H29NO/c1-11(9-12(2)16)10-15-13-7-5-6-8-14(13,3)4/h11-13,15-16H,5-10H2,1-4H3. The molecule has 0 amide bonds. The van der Waals surface area contributed by atoms with Gasteiger partial charge in [-0.2, -0.15) is 0 Å². The molecular formula is C14H29NO. The van der Waals surface area contributed by atoms with Gasteiger partial charge in [0.15, 0.2) is 0 Å². The lowest BCUT2D eigenvalue weighted by Gasteiger charge is -2.39. The molecule has 1 fully saturated rings. The van der Waals surface area contributed by atoms with Gasteiger partial charge in [0.1, 0.15) is 0 Å². The van der Waals surface area contributed by atoms with Crippen LogP contribution in [0.25, 0.3) is 0 Å². The van der Waals surface area contributed by atoms with E-state index in [0.29, 0.717) is 17.4 Å². The maximum Gasteiger partial charge on any atom is 0.0515 e. The Morgan fingerprint density at radius 1 is 1.31 bits per heavy atom. The van der Waals surface area contributed by atoms with E-state index in [0.717, 1.165) is 13.0 Å². The average Bonchev–Trinajstić information content (AvgIpc) is 2.14. The zero-order valence-corrected chi connectivity index (χ0v) is 11.4. The Labute approximate surface area is 101 Å². The Morgan fingerprint density at radius 3 is 2.56 bits per heavy atom. The third kappa shape index (κ3) is 4.42. The summed E-state index contributed by atoms with van der Waals surface area (Å²) >= 11 is 0. The van der Waals surface area contributed by atoms with Gasteiger partial charge in [-0.15, -0.1) is 0 Å². The number of nitrogens with one attached hydrogen (secondary N) is 1. The monoisotopic (exact) mass is 227 g/mol. The molecule has 0 radical (unpaired) electrons. The van der Waals surface area contributed by atoms with Gasteiger partial charge in [-0.25, -0.2) is 0 Å². The quantitative estimate of drug-likeness (QED) is 0.757. The largest absolute Gasteiger partial charge is 0.393 e. The van der Waals surface area contributed by atoms with E-state index >= 15 is 0 Å². The van der Waals surface area contributed by atoms with Crippen LogP contribution < -0.4 is 5.32 Å². The Bertz CT molecular complexity index is 201. The van der Waals surface area contributed by atoms with Crippen molar-refractivity contribution in [3.05, 3.63) is 0 Å². The van der Waals surface area contributed by atoms with Crippen molar-refractivity contribution in [2.45, 2.75) is 71.9 Å². The minimum Gasteiger partial charge on any atom is -0.393 e.